The van der Waals surface area contributed by atoms with Gasteiger partial charge in [-0.1, -0.05) is 41.4 Å². The van der Waals surface area contributed by atoms with Gasteiger partial charge < -0.3 is 5.11 Å². The third-order valence-corrected chi connectivity index (χ3v) is 5.06. The maximum Gasteiger partial charge on any atom is 0.303 e. The molecule has 0 amide bonds. The molecular weight excluding hydrogens is 319 g/mol. The highest BCUT2D eigenvalue weighted by Gasteiger charge is 2.40. The number of halogens is 2. The van der Waals surface area contributed by atoms with Crippen LogP contribution in [0.2, 0.25) is 10.0 Å². The summed E-state index contributed by atoms with van der Waals surface area (Å²) in [6, 6.07) is 13.7. The van der Waals surface area contributed by atoms with E-state index in [0.717, 1.165) is 24.0 Å². The van der Waals surface area contributed by atoms with Crippen molar-refractivity contribution in [2.24, 2.45) is 0 Å². The Balaban J connectivity index is 2.11. The summed E-state index contributed by atoms with van der Waals surface area (Å²) >= 11 is 12.2. The molecule has 1 atom stereocenters. The number of aliphatic carboxylic acids is 1. The van der Waals surface area contributed by atoms with E-state index in [1.54, 1.807) is 0 Å². The van der Waals surface area contributed by atoms with E-state index in [0.29, 0.717) is 16.5 Å². The molecule has 0 unspecified atom stereocenters. The molecule has 1 aliphatic rings. The Kier molecular flexibility index (Phi) is 4.16. The first kappa shape index (κ1) is 15.4. The van der Waals surface area contributed by atoms with Crippen molar-refractivity contribution in [3.8, 4) is 0 Å². The van der Waals surface area contributed by atoms with E-state index in [4.69, 9.17) is 28.3 Å². The second kappa shape index (κ2) is 5.94. The molecule has 2 nitrogen and oxygen atoms in total. The maximum atomic E-state index is 11.1. The fourth-order valence-corrected chi connectivity index (χ4v) is 3.79. The van der Waals surface area contributed by atoms with Crippen LogP contribution in [0.5, 0.6) is 0 Å². The van der Waals surface area contributed by atoms with Crippen molar-refractivity contribution in [2.75, 3.05) is 0 Å². The number of benzene rings is 2. The molecule has 1 N–H and O–H groups in total. The van der Waals surface area contributed by atoms with E-state index in [1.807, 2.05) is 36.4 Å². The van der Waals surface area contributed by atoms with Gasteiger partial charge in [-0.25, -0.2) is 0 Å². The van der Waals surface area contributed by atoms with Crippen LogP contribution in [-0.4, -0.2) is 11.1 Å². The molecule has 2 aromatic carbocycles. The zero-order valence-corrected chi connectivity index (χ0v) is 13.5. The minimum atomic E-state index is -0.774. The fraction of sp³-hybridized carbons (Fsp3) is 0.278. The molecule has 0 fully saturated rings. The van der Waals surface area contributed by atoms with Crippen molar-refractivity contribution in [1.29, 1.82) is 0 Å². The van der Waals surface area contributed by atoms with Crippen molar-refractivity contribution in [1.82, 2.24) is 0 Å². The van der Waals surface area contributed by atoms with Crippen LogP contribution in [0.15, 0.2) is 42.5 Å². The van der Waals surface area contributed by atoms with Crippen LogP contribution in [0.1, 0.15) is 36.0 Å². The molecule has 0 bridgehead atoms. The Labute approximate surface area is 139 Å². The van der Waals surface area contributed by atoms with Crippen LogP contribution >= 0.6 is 23.2 Å². The van der Waals surface area contributed by atoms with E-state index in [9.17, 15) is 4.79 Å². The van der Waals surface area contributed by atoms with Gasteiger partial charge in [0.1, 0.15) is 0 Å². The number of aryl methyl sites for hydroxylation is 1. The summed E-state index contributed by atoms with van der Waals surface area (Å²) in [7, 11) is 0. The van der Waals surface area contributed by atoms with Crippen molar-refractivity contribution in [2.45, 2.75) is 31.1 Å². The molecule has 2 aromatic rings. The summed E-state index contributed by atoms with van der Waals surface area (Å²) in [6.45, 7) is 0. The van der Waals surface area contributed by atoms with Crippen LogP contribution in [0.25, 0.3) is 0 Å². The molecule has 0 aromatic heterocycles. The quantitative estimate of drug-likeness (QED) is 0.845. The SMILES string of the molecule is O=C(O)CC[C@@]1(c2ccc(Cl)cc2)CCc2ccc(Cl)cc21. The molecule has 1 aliphatic carbocycles. The van der Waals surface area contributed by atoms with Crippen LogP contribution in [-0.2, 0) is 16.6 Å². The zero-order valence-electron chi connectivity index (χ0n) is 12.0. The van der Waals surface area contributed by atoms with Crippen molar-refractivity contribution in [3.63, 3.8) is 0 Å². The first-order valence-corrected chi connectivity index (χ1v) is 8.04. The second-order valence-corrected chi connectivity index (χ2v) is 6.66. The topological polar surface area (TPSA) is 37.3 Å². The van der Waals surface area contributed by atoms with E-state index >= 15 is 0 Å². The summed E-state index contributed by atoms with van der Waals surface area (Å²) in [6.07, 6.45) is 2.54. The summed E-state index contributed by atoms with van der Waals surface area (Å²) in [5.74, 6) is -0.774. The van der Waals surface area contributed by atoms with E-state index in [-0.39, 0.29) is 11.8 Å². The predicted molar refractivity (Wildman–Crippen MR) is 88.9 cm³/mol. The predicted octanol–water partition coefficient (Wildman–Crippen LogP) is 5.09. The lowest BCUT2D eigenvalue weighted by atomic mass is 9.72. The Morgan fingerprint density at radius 3 is 2.45 bits per heavy atom. The summed E-state index contributed by atoms with van der Waals surface area (Å²) in [5, 5.41) is 10.5. The Morgan fingerprint density at radius 1 is 1.09 bits per heavy atom. The van der Waals surface area contributed by atoms with Crippen molar-refractivity contribution < 1.29 is 9.90 Å². The van der Waals surface area contributed by atoms with Gasteiger partial charge in [-0.05, 0) is 60.2 Å². The third kappa shape index (κ3) is 2.73. The molecular formula is C18H16Cl2O2. The van der Waals surface area contributed by atoms with Gasteiger partial charge >= 0.3 is 5.97 Å². The first-order chi connectivity index (χ1) is 10.5. The highest BCUT2D eigenvalue weighted by atomic mass is 35.5. The van der Waals surface area contributed by atoms with E-state index in [1.165, 1.54) is 5.56 Å². The van der Waals surface area contributed by atoms with Gasteiger partial charge in [-0.15, -0.1) is 0 Å². The summed E-state index contributed by atoms with van der Waals surface area (Å²) in [5.41, 5.74) is 3.23. The van der Waals surface area contributed by atoms with E-state index in [2.05, 4.69) is 6.07 Å². The molecule has 0 heterocycles. The zero-order chi connectivity index (χ0) is 15.7. The molecule has 0 saturated heterocycles. The van der Waals surface area contributed by atoms with Gasteiger partial charge in [0.2, 0.25) is 0 Å². The molecule has 0 saturated carbocycles. The molecule has 0 spiro atoms. The Hall–Kier alpha value is -1.51. The van der Waals surface area contributed by atoms with Gasteiger partial charge in [-0.3, -0.25) is 4.79 Å². The van der Waals surface area contributed by atoms with Gasteiger partial charge in [-0.2, -0.15) is 0 Å². The van der Waals surface area contributed by atoms with Crippen LogP contribution in [0.3, 0.4) is 0 Å². The largest absolute Gasteiger partial charge is 0.481 e. The van der Waals surface area contributed by atoms with Gasteiger partial charge in [0.05, 0.1) is 0 Å². The van der Waals surface area contributed by atoms with Gasteiger partial charge in [0.25, 0.3) is 0 Å². The van der Waals surface area contributed by atoms with Gasteiger partial charge in [0.15, 0.2) is 0 Å². The second-order valence-electron chi connectivity index (χ2n) is 5.78. The lowest BCUT2D eigenvalue weighted by molar-refractivity contribution is -0.137. The first-order valence-electron chi connectivity index (χ1n) is 7.28. The number of fused-ring (bicyclic) bond motifs is 1. The Morgan fingerprint density at radius 2 is 1.77 bits per heavy atom. The molecule has 0 aliphatic heterocycles. The van der Waals surface area contributed by atoms with Gasteiger partial charge in [0, 0.05) is 21.9 Å². The molecule has 114 valence electrons. The smallest absolute Gasteiger partial charge is 0.303 e. The normalized spacial score (nSPS) is 19.9. The minimum absolute atomic E-state index is 0.134. The lowest BCUT2D eigenvalue weighted by Gasteiger charge is -2.31. The van der Waals surface area contributed by atoms with Crippen molar-refractivity contribution in [3.05, 3.63) is 69.2 Å². The molecule has 0 radical (unpaired) electrons. The summed E-state index contributed by atoms with van der Waals surface area (Å²) < 4.78 is 0. The lowest BCUT2D eigenvalue weighted by Crippen LogP contribution is -2.26. The minimum Gasteiger partial charge on any atom is -0.481 e. The number of carboxylic acid groups (broad SMARTS) is 1. The number of carboxylic acids is 1. The maximum absolute atomic E-state index is 11.1. The van der Waals surface area contributed by atoms with E-state index < -0.39 is 5.97 Å². The Bertz CT molecular complexity index is 710. The highest BCUT2D eigenvalue weighted by Crippen LogP contribution is 2.48. The standard InChI is InChI=1S/C18H16Cl2O2/c19-14-5-2-13(3-6-14)18(10-8-17(21)22)9-7-12-1-4-15(20)11-16(12)18/h1-6,11H,7-10H2,(H,21,22)/t18-/m1/s1. The van der Waals surface area contributed by atoms with Crippen LogP contribution in [0.4, 0.5) is 0 Å². The number of hydrogen-bond donors (Lipinski definition) is 1. The number of rotatable bonds is 4. The molecule has 4 heteroatoms. The fourth-order valence-electron chi connectivity index (χ4n) is 3.49. The highest BCUT2D eigenvalue weighted by molar-refractivity contribution is 6.31. The molecule has 3 rings (SSSR count). The average molecular weight is 335 g/mol. The average Bonchev–Trinajstić information content (AvgIpc) is 2.85. The summed E-state index contributed by atoms with van der Waals surface area (Å²) in [4.78, 5) is 11.1. The third-order valence-electron chi connectivity index (χ3n) is 4.57. The van der Waals surface area contributed by atoms with Crippen LogP contribution in [0, 0.1) is 0 Å². The van der Waals surface area contributed by atoms with Crippen LogP contribution < -0.4 is 0 Å². The number of hydrogen-bond acceptors (Lipinski definition) is 1. The molecule has 22 heavy (non-hydrogen) atoms. The number of carbonyl (C=O) groups is 1. The monoisotopic (exact) mass is 334 g/mol. The van der Waals surface area contributed by atoms with Crippen molar-refractivity contribution >= 4 is 29.2 Å².